The van der Waals surface area contributed by atoms with Crippen LogP contribution < -0.4 is 20.1 Å². The second-order valence-electron chi connectivity index (χ2n) is 9.11. The van der Waals surface area contributed by atoms with Crippen molar-refractivity contribution in [1.82, 2.24) is 9.88 Å². The summed E-state index contributed by atoms with van der Waals surface area (Å²) in [4.78, 5) is 17.5. The topological polar surface area (TPSA) is 95.9 Å². The molecule has 1 aliphatic heterocycles. The van der Waals surface area contributed by atoms with Gasteiger partial charge in [0.15, 0.2) is 0 Å². The van der Waals surface area contributed by atoms with E-state index in [1.54, 1.807) is 25.4 Å². The largest absolute Gasteiger partial charge is 0.496 e. The van der Waals surface area contributed by atoms with Crippen LogP contribution in [0.4, 0.5) is 11.4 Å². The van der Waals surface area contributed by atoms with Crippen LogP contribution in [0.5, 0.6) is 11.5 Å². The molecule has 3 N–H and O–H groups in total. The number of hydrogen-bond acceptors (Lipinski definition) is 7. The monoisotopic (exact) mass is 510 g/mol. The van der Waals surface area contributed by atoms with E-state index in [-0.39, 0.29) is 18.7 Å². The van der Waals surface area contributed by atoms with Crippen LogP contribution in [0, 0.1) is 0 Å². The number of hydrogen-bond donors (Lipinski definition) is 3. The highest BCUT2D eigenvalue weighted by Gasteiger charge is 2.34. The molecule has 2 atom stereocenters. The number of anilines is 2. The zero-order chi connectivity index (χ0) is 26.5. The van der Waals surface area contributed by atoms with Crippen molar-refractivity contribution >= 4 is 17.3 Å². The summed E-state index contributed by atoms with van der Waals surface area (Å²) in [5.74, 6) is 1.26. The molecule has 1 aromatic heterocycles. The van der Waals surface area contributed by atoms with E-state index < -0.39 is 6.23 Å². The number of nitrogens with zero attached hydrogens (tertiary/aromatic N) is 2. The van der Waals surface area contributed by atoms with E-state index in [0.717, 1.165) is 27.9 Å². The van der Waals surface area contributed by atoms with Crippen molar-refractivity contribution in [3.63, 3.8) is 0 Å². The number of pyridine rings is 1. The van der Waals surface area contributed by atoms with Gasteiger partial charge in [-0.15, -0.1) is 0 Å². The molecule has 0 bridgehead atoms. The SMILES string of the molecule is COc1ccc(C2Nc3ccccc3C(O)N2Cc2cccnc2)cc1COc1ccc(NC(C)=O)cc1. The van der Waals surface area contributed by atoms with Crippen LogP contribution in [0.3, 0.4) is 0 Å². The molecule has 0 spiro atoms. The zero-order valence-corrected chi connectivity index (χ0v) is 21.3. The first-order valence-electron chi connectivity index (χ1n) is 12.4. The third-order valence-corrected chi connectivity index (χ3v) is 6.45. The first-order chi connectivity index (χ1) is 18.5. The summed E-state index contributed by atoms with van der Waals surface area (Å²) in [6.07, 6.45) is 2.45. The number of ether oxygens (including phenoxy) is 2. The van der Waals surface area contributed by atoms with Gasteiger partial charge in [0.2, 0.25) is 5.91 Å². The Bertz CT molecular complexity index is 1400. The van der Waals surface area contributed by atoms with E-state index >= 15 is 0 Å². The molecule has 0 saturated heterocycles. The van der Waals surface area contributed by atoms with Crippen molar-refractivity contribution in [2.24, 2.45) is 0 Å². The molecule has 0 aliphatic carbocycles. The standard InChI is InChI=1S/C30H30N4O4/c1-20(35)32-24-10-12-25(13-11-24)38-19-23-16-22(9-14-28(23)37-2)29-33-27-8-4-3-7-26(27)30(36)34(29)18-21-6-5-15-31-17-21/h3-17,29-30,33,36H,18-19H2,1-2H3,(H,32,35). The number of carbonyl (C=O) groups excluding carboxylic acids is 1. The maximum absolute atomic E-state index is 11.4. The van der Waals surface area contributed by atoms with Crippen LogP contribution in [-0.4, -0.2) is 28.0 Å². The summed E-state index contributed by atoms with van der Waals surface area (Å²) in [5, 5.41) is 17.8. The van der Waals surface area contributed by atoms with Crippen LogP contribution >= 0.6 is 0 Å². The highest BCUT2D eigenvalue weighted by Crippen LogP contribution is 2.41. The van der Waals surface area contributed by atoms with Crippen LogP contribution in [0.15, 0.2) is 91.3 Å². The lowest BCUT2D eigenvalue weighted by molar-refractivity contribution is -0.114. The van der Waals surface area contributed by atoms with Gasteiger partial charge >= 0.3 is 0 Å². The van der Waals surface area contributed by atoms with Crippen LogP contribution in [0.25, 0.3) is 0 Å². The van der Waals surface area contributed by atoms with Gasteiger partial charge in [-0.05, 0) is 59.7 Å². The van der Waals surface area contributed by atoms with Gasteiger partial charge < -0.3 is 25.2 Å². The Morgan fingerprint density at radius 1 is 1.08 bits per heavy atom. The highest BCUT2D eigenvalue weighted by atomic mass is 16.5. The molecule has 8 nitrogen and oxygen atoms in total. The lowest BCUT2D eigenvalue weighted by atomic mass is 10.00. The van der Waals surface area contributed by atoms with Gasteiger partial charge in [0, 0.05) is 48.4 Å². The van der Waals surface area contributed by atoms with Crippen molar-refractivity contribution in [3.05, 3.63) is 114 Å². The smallest absolute Gasteiger partial charge is 0.221 e. The van der Waals surface area contributed by atoms with Gasteiger partial charge in [0.1, 0.15) is 30.5 Å². The number of methoxy groups -OCH3 is 1. The van der Waals surface area contributed by atoms with Crippen LogP contribution in [-0.2, 0) is 17.9 Å². The predicted molar refractivity (Wildman–Crippen MR) is 146 cm³/mol. The van der Waals surface area contributed by atoms with Crippen molar-refractivity contribution in [1.29, 1.82) is 0 Å². The fraction of sp³-hybridized carbons (Fsp3) is 0.200. The maximum atomic E-state index is 11.4. The minimum atomic E-state index is -0.804. The van der Waals surface area contributed by atoms with Gasteiger partial charge in [0.05, 0.1) is 7.11 Å². The first kappa shape index (κ1) is 25.3. The summed E-state index contributed by atoms with van der Waals surface area (Å²) >= 11 is 0. The Balaban J connectivity index is 1.42. The minimum Gasteiger partial charge on any atom is -0.496 e. The molecule has 0 saturated carbocycles. The fourth-order valence-electron chi connectivity index (χ4n) is 4.64. The van der Waals surface area contributed by atoms with Gasteiger partial charge in [-0.1, -0.05) is 30.3 Å². The Morgan fingerprint density at radius 3 is 2.63 bits per heavy atom. The second kappa shape index (κ2) is 11.3. The van der Waals surface area contributed by atoms with Gasteiger partial charge in [0.25, 0.3) is 0 Å². The molecule has 1 amide bonds. The molecule has 38 heavy (non-hydrogen) atoms. The van der Waals surface area contributed by atoms with E-state index in [2.05, 4.69) is 15.6 Å². The zero-order valence-electron chi connectivity index (χ0n) is 21.3. The molecule has 0 fully saturated rings. The van der Waals surface area contributed by atoms with Gasteiger partial charge in [-0.25, -0.2) is 4.90 Å². The van der Waals surface area contributed by atoms with E-state index in [9.17, 15) is 9.90 Å². The average molecular weight is 511 g/mol. The predicted octanol–water partition coefficient (Wildman–Crippen LogP) is 5.25. The van der Waals surface area contributed by atoms with Crippen molar-refractivity contribution < 1.29 is 19.4 Å². The fourth-order valence-corrected chi connectivity index (χ4v) is 4.64. The number of fused-ring (bicyclic) bond motifs is 1. The molecule has 3 aromatic carbocycles. The normalized spacial score (nSPS) is 16.7. The Hall–Kier alpha value is -4.40. The highest BCUT2D eigenvalue weighted by molar-refractivity contribution is 5.88. The quantitative estimate of drug-likeness (QED) is 0.298. The third kappa shape index (κ3) is 5.61. The molecule has 2 unspecified atom stereocenters. The molecule has 4 aromatic rings. The Labute approximate surface area is 221 Å². The lowest BCUT2D eigenvalue weighted by Gasteiger charge is -2.42. The average Bonchev–Trinajstić information content (AvgIpc) is 2.94. The number of para-hydroxylation sites is 1. The third-order valence-electron chi connectivity index (χ3n) is 6.45. The minimum absolute atomic E-state index is 0.123. The van der Waals surface area contributed by atoms with E-state index in [1.807, 2.05) is 77.8 Å². The molecule has 0 radical (unpaired) electrons. The maximum Gasteiger partial charge on any atom is 0.221 e. The Morgan fingerprint density at radius 2 is 1.89 bits per heavy atom. The number of aliphatic hydroxyl groups is 1. The number of rotatable bonds is 8. The molecular formula is C30H30N4O4. The van der Waals surface area contributed by atoms with Gasteiger partial charge in [-0.2, -0.15) is 0 Å². The van der Waals surface area contributed by atoms with E-state index in [1.165, 1.54) is 6.92 Å². The number of aromatic nitrogens is 1. The van der Waals surface area contributed by atoms with Crippen molar-refractivity contribution in [2.75, 3.05) is 17.7 Å². The molecular weight excluding hydrogens is 480 g/mol. The first-order valence-corrected chi connectivity index (χ1v) is 12.4. The van der Waals surface area contributed by atoms with E-state index in [0.29, 0.717) is 23.7 Å². The van der Waals surface area contributed by atoms with Crippen molar-refractivity contribution in [3.8, 4) is 11.5 Å². The van der Waals surface area contributed by atoms with Crippen LogP contribution in [0.2, 0.25) is 0 Å². The summed E-state index contributed by atoms with van der Waals surface area (Å²) in [5.41, 5.74) is 5.25. The number of nitrogens with one attached hydrogen (secondary N) is 2. The van der Waals surface area contributed by atoms with Gasteiger partial charge in [-0.3, -0.25) is 9.78 Å². The lowest BCUT2D eigenvalue weighted by Crippen LogP contribution is -2.40. The molecule has 2 heterocycles. The van der Waals surface area contributed by atoms with Crippen molar-refractivity contribution in [2.45, 2.75) is 32.5 Å². The molecule has 8 heteroatoms. The summed E-state index contributed by atoms with van der Waals surface area (Å²) in [6, 6.07) is 24.9. The molecule has 1 aliphatic rings. The summed E-state index contributed by atoms with van der Waals surface area (Å²) in [6.45, 7) is 2.25. The number of amides is 1. The second-order valence-corrected chi connectivity index (χ2v) is 9.11. The number of benzene rings is 3. The number of carbonyl (C=O) groups is 1. The summed E-state index contributed by atoms with van der Waals surface area (Å²) in [7, 11) is 1.63. The number of aliphatic hydroxyl groups excluding tert-OH is 1. The molecule has 194 valence electrons. The van der Waals surface area contributed by atoms with Crippen LogP contribution in [0.1, 0.15) is 41.6 Å². The Kier molecular flexibility index (Phi) is 7.53. The molecule has 5 rings (SSSR count). The summed E-state index contributed by atoms with van der Waals surface area (Å²) < 4.78 is 11.7. The van der Waals surface area contributed by atoms with E-state index in [4.69, 9.17) is 9.47 Å².